The van der Waals surface area contributed by atoms with Crippen molar-refractivity contribution in [2.75, 3.05) is 6.61 Å². The van der Waals surface area contributed by atoms with Crippen LogP contribution in [0.4, 0.5) is 19.4 Å². The van der Waals surface area contributed by atoms with E-state index >= 15 is 0 Å². The van der Waals surface area contributed by atoms with Crippen molar-refractivity contribution in [1.29, 1.82) is 5.41 Å². The van der Waals surface area contributed by atoms with Crippen LogP contribution in [-0.2, 0) is 0 Å². The topological polar surface area (TPSA) is 44.1 Å². The average Bonchev–Trinajstić information content (AvgIpc) is 2.33. The molecule has 0 spiro atoms. The third kappa shape index (κ3) is 5.68. The van der Waals surface area contributed by atoms with E-state index < -0.39 is 15.1 Å². The Hall–Kier alpha value is -1.06. The van der Waals surface area contributed by atoms with E-state index in [4.69, 9.17) is 10.5 Å². The van der Waals surface area contributed by atoms with E-state index in [0.717, 1.165) is 23.9 Å². The normalized spacial score (nSPS) is 16.2. The third-order valence-electron chi connectivity index (χ3n) is 2.39. The van der Waals surface area contributed by atoms with E-state index in [0.29, 0.717) is 23.5 Å². The molecule has 0 aliphatic heterocycles. The Morgan fingerprint density at radius 1 is 1.19 bits per heavy atom. The van der Waals surface area contributed by atoms with Crippen molar-refractivity contribution in [3.05, 3.63) is 40.8 Å². The van der Waals surface area contributed by atoms with Gasteiger partial charge in [-0.25, -0.2) is 0 Å². The van der Waals surface area contributed by atoms with E-state index in [9.17, 15) is 19.4 Å². The fourth-order valence-corrected chi connectivity index (χ4v) is 2.82. The predicted molar refractivity (Wildman–Crippen MR) is 77.7 cm³/mol. The number of aliphatic hydroxyl groups excluding tert-OH is 1. The lowest BCUT2D eigenvalue weighted by Gasteiger charge is -2.40. The Morgan fingerprint density at radius 3 is 2.14 bits per heavy atom. The number of allylic oxidation sites excluding steroid dienone is 1. The van der Waals surface area contributed by atoms with Gasteiger partial charge in [0.2, 0.25) is 0 Å². The van der Waals surface area contributed by atoms with Crippen molar-refractivity contribution in [3.63, 3.8) is 0 Å². The molecular weight excluding hydrogens is 333 g/mol. The smallest absolute Gasteiger partial charge is 0.310 e. The zero-order chi connectivity index (χ0) is 16.4. The number of halogens is 5. The number of thioether (sulfide) groups is 1. The van der Waals surface area contributed by atoms with Gasteiger partial charge in [0, 0.05) is 12.2 Å². The van der Waals surface area contributed by atoms with Crippen LogP contribution in [0.15, 0.2) is 40.1 Å². The van der Waals surface area contributed by atoms with Gasteiger partial charge in [0.15, 0.2) is 0 Å². The van der Waals surface area contributed by atoms with Gasteiger partial charge in [-0.15, -0.1) is 0 Å². The van der Waals surface area contributed by atoms with Gasteiger partial charge in [-0.3, -0.25) is 5.41 Å². The van der Waals surface area contributed by atoms with E-state index in [-0.39, 0.29) is 17.2 Å². The molecule has 0 atom stereocenters. The van der Waals surface area contributed by atoms with Gasteiger partial charge in [0.25, 0.3) is 0 Å². The summed E-state index contributed by atoms with van der Waals surface area (Å²) in [6.07, 6.45) is 2.07. The lowest BCUT2D eigenvalue weighted by molar-refractivity contribution is 0.302. The zero-order valence-electron chi connectivity index (χ0n) is 11.0. The number of benzene rings is 1. The molecule has 21 heavy (non-hydrogen) atoms. The van der Waals surface area contributed by atoms with Crippen LogP contribution in [0.1, 0.15) is 18.9 Å². The van der Waals surface area contributed by atoms with Gasteiger partial charge >= 0.3 is 10.2 Å². The molecule has 1 aromatic rings. The van der Waals surface area contributed by atoms with Crippen LogP contribution < -0.4 is 0 Å². The maximum Gasteiger partial charge on any atom is 0.310 e. The zero-order valence-corrected chi connectivity index (χ0v) is 12.6. The van der Waals surface area contributed by atoms with Crippen LogP contribution in [0.3, 0.4) is 0 Å². The van der Waals surface area contributed by atoms with Gasteiger partial charge in [0.05, 0.1) is 5.04 Å². The molecule has 0 aliphatic carbocycles. The average molecular weight is 347 g/mol. The molecule has 1 aromatic carbocycles. The summed E-state index contributed by atoms with van der Waals surface area (Å²) in [5.74, 6) is 0. The Balaban J connectivity index is 2.92. The van der Waals surface area contributed by atoms with Gasteiger partial charge in [-0.2, -0.15) is 0 Å². The predicted octanol–water partition coefficient (Wildman–Crippen LogP) is 5.69. The van der Waals surface area contributed by atoms with Gasteiger partial charge in [-0.05, 0) is 30.4 Å². The van der Waals surface area contributed by atoms with Crippen molar-refractivity contribution in [1.82, 2.24) is 0 Å². The summed E-state index contributed by atoms with van der Waals surface area (Å²) in [6, 6.07) is 2.28. The highest BCUT2D eigenvalue weighted by molar-refractivity contribution is 8.45. The molecule has 1 rings (SSSR count). The van der Waals surface area contributed by atoms with Crippen molar-refractivity contribution in [2.45, 2.75) is 18.2 Å². The highest BCUT2D eigenvalue weighted by Crippen LogP contribution is 3.02. The Kier molecular flexibility index (Phi) is 4.53. The first kappa shape index (κ1) is 18.0. The summed E-state index contributed by atoms with van der Waals surface area (Å²) < 4.78 is 62.7. The molecule has 0 fully saturated rings. The van der Waals surface area contributed by atoms with Gasteiger partial charge in [0.1, 0.15) is 4.90 Å². The Bertz CT molecular complexity index is 565. The van der Waals surface area contributed by atoms with E-state index in [1.165, 1.54) is 0 Å². The molecule has 0 aromatic heterocycles. The second-order valence-corrected chi connectivity index (χ2v) is 7.92. The van der Waals surface area contributed by atoms with Gasteiger partial charge < -0.3 is 5.11 Å². The van der Waals surface area contributed by atoms with Crippen molar-refractivity contribution in [3.8, 4) is 0 Å². The fourth-order valence-electron chi connectivity index (χ4n) is 1.39. The van der Waals surface area contributed by atoms with Crippen LogP contribution in [-0.4, -0.2) is 16.8 Å². The quantitative estimate of drug-likeness (QED) is 0.408. The Morgan fingerprint density at radius 2 is 1.71 bits per heavy atom. The highest BCUT2D eigenvalue weighted by Gasteiger charge is 2.65. The first-order chi connectivity index (χ1) is 9.33. The standard InChI is InChI=1S/C12H14F5NOS2/c1-9(3-2-8-19)20-12(18)10-4-6-11(7-5-10)21(13,14,15,16)17/h3-7,18-19H,2,8H2,1H3/b9-3+,18-12?. The molecule has 0 bridgehead atoms. The van der Waals surface area contributed by atoms with Crippen LogP contribution >= 0.6 is 22.0 Å². The Labute approximate surface area is 123 Å². The SMILES string of the molecule is C/C(=C\CCO)SC(=N)c1ccc(S(F)(F)(F)(F)F)cc1. The molecule has 0 amide bonds. The number of rotatable bonds is 5. The second kappa shape index (κ2) is 5.29. The molecule has 2 nitrogen and oxygen atoms in total. The van der Waals surface area contributed by atoms with Crippen LogP contribution in [0.2, 0.25) is 0 Å². The van der Waals surface area contributed by atoms with E-state index in [1.807, 2.05) is 0 Å². The minimum Gasteiger partial charge on any atom is -0.396 e. The molecule has 0 heterocycles. The summed E-state index contributed by atoms with van der Waals surface area (Å²) in [7, 11) is -9.66. The largest absolute Gasteiger partial charge is 0.396 e. The number of nitrogens with one attached hydrogen (secondary N) is 1. The highest BCUT2D eigenvalue weighted by atomic mass is 32.5. The summed E-state index contributed by atoms with van der Waals surface area (Å²) in [4.78, 5) is -1.28. The van der Waals surface area contributed by atoms with Crippen LogP contribution in [0, 0.1) is 5.41 Å². The van der Waals surface area contributed by atoms with Crippen molar-refractivity contribution in [2.24, 2.45) is 0 Å². The second-order valence-electron chi connectivity index (χ2n) is 4.25. The number of aliphatic hydroxyl groups is 1. The molecule has 0 unspecified atom stereocenters. The molecule has 9 heteroatoms. The minimum absolute atomic E-state index is 0.0518. The first-order valence-corrected chi connectivity index (χ1v) is 8.49. The maximum absolute atomic E-state index is 12.5. The number of hydrogen-bond donors (Lipinski definition) is 2. The molecule has 0 radical (unpaired) electrons. The summed E-state index contributed by atoms with van der Waals surface area (Å²) >= 11 is 0.978. The van der Waals surface area contributed by atoms with Crippen molar-refractivity contribution < 1.29 is 24.5 Å². The minimum atomic E-state index is -9.66. The van der Waals surface area contributed by atoms with E-state index in [2.05, 4.69) is 0 Å². The first-order valence-electron chi connectivity index (χ1n) is 5.72. The molecule has 120 valence electrons. The maximum atomic E-state index is 12.5. The molecule has 0 saturated heterocycles. The fraction of sp³-hybridized carbons (Fsp3) is 0.250. The van der Waals surface area contributed by atoms with Gasteiger partial charge in [-0.1, -0.05) is 49.4 Å². The summed E-state index contributed by atoms with van der Waals surface area (Å²) in [6.45, 7) is 1.63. The summed E-state index contributed by atoms with van der Waals surface area (Å²) in [5.41, 5.74) is 0.113. The lowest BCUT2D eigenvalue weighted by Crippen LogP contribution is -2.06. The molecule has 0 saturated carbocycles. The molecule has 0 aliphatic rings. The van der Waals surface area contributed by atoms with Crippen LogP contribution in [0.5, 0.6) is 0 Å². The van der Waals surface area contributed by atoms with Crippen LogP contribution in [0.25, 0.3) is 0 Å². The summed E-state index contributed by atoms with van der Waals surface area (Å²) in [5, 5.41) is 16.3. The lowest BCUT2D eigenvalue weighted by atomic mass is 10.2. The molecular formula is C12H14F5NOS2. The number of hydrogen-bond acceptors (Lipinski definition) is 3. The molecule has 2 N–H and O–H groups in total. The van der Waals surface area contributed by atoms with E-state index in [1.54, 1.807) is 13.0 Å². The van der Waals surface area contributed by atoms with Crippen molar-refractivity contribution >= 4 is 27.0 Å². The monoisotopic (exact) mass is 347 g/mol. The third-order valence-corrected chi connectivity index (χ3v) is 4.48.